The van der Waals surface area contributed by atoms with Crippen LogP contribution in [-0.2, 0) is 0 Å². The van der Waals surface area contributed by atoms with Gasteiger partial charge in [0.05, 0.1) is 10.5 Å². The number of benzene rings is 1. The number of rotatable bonds is 5. The number of hydrogen-bond acceptors (Lipinski definition) is 2. The van der Waals surface area contributed by atoms with Crippen LogP contribution in [-0.4, -0.2) is 6.54 Å². The summed E-state index contributed by atoms with van der Waals surface area (Å²) >= 11 is 4.93. The fourth-order valence-corrected chi connectivity index (χ4v) is 3.07. The van der Waals surface area contributed by atoms with Crippen molar-refractivity contribution in [2.24, 2.45) is 0 Å². The van der Waals surface area contributed by atoms with Gasteiger partial charge in [-0.25, -0.2) is 4.39 Å². The predicted molar refractivity (Wildman–Crippen MR) is 83.3 cm³/mol. The van der Waals surface area contributed by atoms with Gasteiger partial charge in [-0.15, -0.1) is 11.3 Å². The van der Waals surface area contributed by atoms with Gasteiger partial charge in [-0.3, -0.25) is 0 Å². The van der Waals surface area contributed by atoms with Gasteiger partial charge < -0.3 is 5.32 Å². The molecule has 0 amide bonds. The highest BCUT2D eigenvalue weighted by Gasteiger charge is 2.17. The molecule has 0 spiro atoms. The van der Waals surface area contributed by atoms with Gasteiger partial charge in [-0.05, 0) is 70.5 Å². The third-order valence-electron chi connectivity index (χ3n) is 3.09. The van der Waals surface area contributed by atoms with Gasteiger partial charge in [0.1, 0.15) is 5.82 Å². The Balaban J connectivity index is 2.37. The summed E-state index contributed by atoms with van der Waals surface area (Å²) in [6.07, 6.45) is 1.05. The summed E-state index contributed by atoms with van der Waals surface area (Å²) < 4.78 is 14.2. The van der Waals surface area contributed by atoms with Gasteiger partial charge in [0.15, 0.2) is 0 Å². The number of hydrogen-bond donors (Lipinski definition) is 1. The van der Waals surface area contributed by atoms with Crippen LogP contribution >= 0.6 is 27.3 Å². The fourth-order valence-electron chi connectivity index (χ4n) is 2.08. The molecular formula is C15H17BrFNS. The minimum Gasteiger partial charge on any atom is -0.306 e. The Morgan fingerprint density at radius 2 is 2.16 bits per heavy atom. The molecule has 0 saturated carbocycles. The van der Waals surface area contributed by atoms with Crippen LogP contribution in [0.5, 0.6) is 0 Å². The molecule has 2 rings (SSSR count). The van der Waals surface area contributed by atoms with Crippen molar-refractivity contribution in [3.8, 4) is 0 Å². The molecule has 0 aliphatic rings. The lowest BCUT2D eigenvalue weighted by Crippen LogP contribution is -2.23. The first kappa shape index (κ1) is 14.7. The highest BCUT2D eigenvalue weighted by Crippen LogP contribution is 2.30. The van der Waals surface area contributed by atoms with Crippen molar-refractivity contribution in [3.63, 3.8) is 0 Å². The van der Waals surface area contributed by atoms with E-state index < -0.39 is 0 Å². The van der Waals surface area contributed by atoms with Crippen molar-refractivity contribution in [1.82, 2.24) is 5.32 Å². The first-order valence-corrected chi connectivity index (χ1v) is 8.03. The van der Waals surface area contributed by atoms with Crippen LogP contribution in [0.1, 0.15) is 35.4 Å². The zero-order chi connectivity index (χ0) is 13.8. The monoisotopic (exact) mass is 341 g/mol. The molecule has 1 atom stereocenters. The van der Waals surface area contributed by atoms with Crippen LogP contribution in [0.25, 0.3) is 0 Å². The molecule has 1 heterocycles. The van der Waals surface area contributed by atoms with Gasteiger partial charge in [0, 0.05) is 4.88 Å². The molecule has 1 aromatic carbocycles. The summed E-state index contributed by atoms with van der Waals surface area (Å²) in [6, 6.07) is 7.53. The second kappa shape index (κ2) is 6.64. The maximum absolute atomic E-state index is 13.7. The van der Waals surface area contributed by atoms with Crippen LogP contribution in [0.2, 0.25) is 0 Å². The number of halogens is 2. The van der Waals surface area contributed by atoms with Gasteiger partial charge in [0.25, 0.3) is 0 Å². The Hall–Kier alpha value is -0.710. The number of nitrogens with one attached hydrogen (secondary N) is 1. The highest BCUT2D eigenvalue weighted by atomic mass is 79.9. The average Bonchev–Trinajstić information content (AvgIpc) is 2.80. The molecule has 4 heteroatoms. The summed E-state index contributed by atoms with van der Waals surface area (Å²) in [4.78, 5) is 1.27. The summed E-state index contributed by atoms with van der Waals surface area (Å²) in [7, 11) is 0. The molecule has 0 aliphatic heterocycles. The largest absolute Gasteiger partial charge is 0.306 e. The molecule has 0 saturated heterocycles. The summed E-state index contributed by atoms with van der Waals surface area (Å²) in [5.41, 5.74) is 2.20. The Morgan fingerprint density at radius 3 is 2.74 bits per heavy atom. The maximum atomic E-state index is 13.7. The van der Waals surface area contributed by atoms with Crippen molar-refractivity contribution >= 4 is 27.3 Å². The van der Waals surface area contributed by atoms with E-state index in [1.54, 1.807) is 23.5 Å². The summed E-state index contributed by atoms with van der Waals surface area (Å²) in [6.45, 7) is 5.15. The van der Waals surface area contributed by atoms with E-state index in [9.17, 15) is 4.39 Å². The lowest BCUT2D eigenvalue weighted by atomic mass is 9.99. The van der Waals surface area contributed by atoms with E-state index in [1.807, 2.05) is 6.07 Å². The van der Waals surface area contributed by atoms with Crippen molar-refractivity contribution in [1.29, 1.82) is 0 Å². The van der Waals surface area contributed by atoms with Crippen molar-refractivity contribution in [2.75, 3.05) is 6.54 Å². The Labute approximate surface area is 126 Å². The standard InChI is InChI=1S/C15H17BrFNS/c1-3-7-18-15(12-6-8-19-10(12)2)11-4-5-13(16)14(17)9-11/h4-6,8-9,15,18H,3,7H2,1-2H3. The minimum absolute atomic E-state index is 0.0637. The lowest BCUT2D eigenvalue weighted by Gasteiger charge is -2.19. The third-order valence-corrected chi connectivity index (χ3v) is 4.59. The summed E-state index contributed by atoms with van der Waals surface area (Å²) in [5.74, 6) is -0.214. The molecule has 0 bridgehead atoms. The fraction of sp³-hybridized carbons (Fsp3) is 0.333. The van der Waals surface area contributed by atoms with Crippen molar-refractivity contribution in [3.05, 3.63) is 55.9 Å². The molecule has 102 valence electrons. The van der Waals surface area contributed by atoms with Crippen molar-refractivity contribution in [2.45, 2.75) is 26.3 Å². The SMILES string of the molecule is CCCNC(c1ccc(Br)c(F)c1)c1ccsc1C. The minimum atomic E-state index is -0.214. The second-order valence-electron chi connectivity index (χ2n) is 4.49. The second-order valence-corrected chi connectivity index (χ2v) is 6.47. The number of thiophene rings is 1. The number of aryl methyl sites for hydroxylation is 1. The highest BCUT2D eigenvalue weighted by molar-refractivity contribution is 9.10. The van der Waals surface area contributed by atoms with E-state index in [1.165, 1.54) is 10.4 Å². The zero-order valence-corrected chi connectivity index (χ0v) is 13.4. The van der Waals surface area contributed by atoms with Gasteiger partial charge >= 0.3 is 0 Å². The summed E-state index contributed by atoms with van der Waals surface area (Å²) in [5, 5.41) is 5.58. The Bertz CT molecular complexity index is 553. The molecule has 1 N–H and O–H groups in total. The van der Waals surface area contributed by atoms with Crippen LogP contribution in [0, 0.1) is 12.7 Å². The van der Waals surface area contributed by atoms with Crippen LogP contribution in [0.15, 0.2) is 34.1 Å². The predicted octanol–water partition coefficient (Wildman–Crippen LogP) is 5.05. The first-order valence-electron chi connectivity index (χ1n) is 6.35. The smallest absolute Gasteiger partial charge is 0.137 e. The Morgan fingerprint density at radius 1 is 1.37 bits per heavy atom. The zero-order valence-electron chi connectivity index (χ0n) is 11.0. The van der Waals surface area contributed by atoms with E-state index in [0.29, 0.717) is 4.47 Å². The average molecular weight is 342 g/mol. The molecule has 1 nitrogen and oxygen atoms in total. The van der Waals surface area contributed by atoms with Crippen molar-refractivity contribution < 1.29 is 4.39 Å². The van der Waals surface area contributed by atoms with E-state index in [4.69, 9.17) is 0 Å². The van der Waals surface area contributed by atoms with E-state index in [-0.39, 0.29) is 11.9 Å². The van der Waals surface area contributed by atoms with Crippen LogP contribution in [0.4, 0.5) is 4.39 Å². The molecule has 1 aromatic heterocycles. The van der Waals surface area contributed by atoms with Crippen LogP contribution in [0.3, 0.4) is 0 Å². The molecule has 0 radical (unpaired) electrons. The molecule has 1 unspecified atom stereocenters. The normalized spacial score (nSPS) is 12.6. The van der Waals surface area contributed by atoms with Gasteiger partial charge in [0.2, 0.25) is 0 Å². The molecule has 0 aliphatic carbocycles. The third kappa shape index (κ3) is 3.44. The first-order chi connectivity index (χ1) is 9.13. The van der Waals surface area contributed by atoms with E-state index >= 15 is 0 Å². The maximum Gasteiger partial charge on any atom is 0.137 e. The molecule has 19 heavy (non-hydrogen) atoms. The lowest BCUT2D eigenvalue weighted by molar-refractivity contribution is 0.583. The van der Waals surface area contributed by atoms with Gasteiger partial charge in [-0.1, -0.05) is 13.0 Å². The molecule has 0 fully saturated rings. The topological polar surface area (TPSA) is 12.0 Å². The quantitative estimate of drug-likeness (QED) is 0.802. The molecular weight excluding hydrogens is 325 g/mol. The Kier molecular flexibility index (Phi) is 5.13. The van der Waals surface area contributed by atoms with Crippen LogP contribution < -0.4 is 5.32 Å². The van der Waals surface area contributed by atoms with E-state index in [2.05, 4.69) is 46.5 Å². The van der Waals surface area contributed by atoms with Gasteiger partial charge in [-0.2, -0.15) is 0 Å². The van der Waals surface area contributed by atoms with E-state index in [0.717, 1.165) is 18.5 Å². The molecule has 2 aromatic rings.